The first-order valence-electron chi connectivity index (χ1n) is 18.0. The van der Waals surface area contributed by atoms with Crippen molar-refractivity contribution in [2.45, 2.75) is 40.8 Å². The highest BCUT2D eigenvalue weighted by atomic mass is 127. The van der Waals surface area contributed by atoms with Crippen molar-refractivity contribution in [3.05, 3.63) is 124 Å². The molecule has 0 atom stereocenters. The second-order valence-electron chi connectivity index (χ2n) is 14.3. The third-order valence-corrected chi connectivity index (χ3v) is 11.7. The van der Waals surface area contributed by atoms with Crippen molar-refractivity contribution in [1.29, 1.82) is 0 Å². The predicted molar refractivity (Wildman–Crippen MR) is 235 cm³/mol. The van der Waals surface area contributed by atoms with Crippen molar-refractivity contribution in [2.24, 2.45) is 0 Å². The lowest BCUT2D eigenvalue weighted by atomic mass is 10.1. The number of hydrogen-bond acceptors (Lipinski definition) is 7. The van der Waals surface area contributed by atoms with E-state index in [4.69, 9.17) is 10.8 Å². The van der Waals surface area contributed by atoms with Crippen LogP contribution in [0.1, 0.15) is 54.1 Å². The number of carbonyl (C=O) groups is 2. The van der Waals surface area contributed by atoms with Crippen molar-refractivity contribution in [1.82, 2.24) is 19.6 Å². The fraction of sp³-hybridized carbons (Fsp3) is 0.381. The number of carboxylic acid groups (broad SMARTS) is 1. The summed E-state index contributed by atoms with van der Waals surface area (Å²) in [5.41, 5.74) is 16.0. The Bertz CT molecular complexity index is 1830. The van der Waals surface area contributed by atoms with Crippen LogP contribution >= 0.6 is 45.2 Å². The zero-order valence-corrected chi connectivity index (χ0v) is 36.2. The van der Waals surface area contributed by atoms with E-state index in [-0.39, 0.29) is 5.91 Å². The number of amides is 1. The van der Waals surface area contributed by atoms with Crippen LogP contribution in [-0.2, 0) is 13.1 Å². The summed E-state index contributed by atoms with van der Waals surface area (Å²) in [5.74, 6) is -0.929. The zero-order chi connectivity index (χ0) is 38.7. The van der Waals surface area contributed by atoms with Crippen molar-refractivity contribution < 1.29 is 14.7 Å². The molecule has 0 radical (unpaired) electrons. The maximum Gasteiger partial charge on any atom is 0.335 e. The van der Waals surface area contributed by atoms with E-state index in [1.165, 1.54) is 40.9 Å². The summed E-state index contributed by atoms with van der Waals surface area (Å²) in [6.45, 7) is 19.2. The number of halogens is 2. The lowest BCUT2D eigenvalue weighted by Gasteiger charge is -2.32. The Hall–Kier alpha value is -3.08. The van der Waals surface area contributed by atoms with Crippen LogP contribution in [0, 0.1) is 34.8 Å². The molecule has 2 fully saturated rings. The van der Waals surface area contributed by atoms with Gasteiger partial charge in [0.05, 0.1) is 5.56 Å². The third-order valence-electron chi connectivity index (χ3n) is 9.41. The van der Waals surface area contributed by atoms with Gasteiger partial charge in [-0.15, -0.1) is 0 Å². The van der Waals surface area contributed by atoms with Crippen LogP contribution < -0.4 is 11.1 Å². The maximum absolute atomic E-state index is 12.6. The number of rotatable bonds is 7. The molecular formula is C42H54I2N6O3. The normalized spacial score (nSPS) is 15.5. The number of nitrogen functional groups attached to an aromatic ring is 1. The van der Waals surface area contributed by atoms with Gasteiger partial charge in [0.15, 0.2) is 0 Å². The van der Waals surface area contributed by atoms with E-state index in [0.717, 1.165) is 76.4 Å². The van der Waals surface area contributed by atoms with Crippen LogP contribution in [0.25, 0.3) is 0 Å². The molecule has 11 heteroatoms. The highest BCUT2D eigenvalue weighted by molar-refractivity contribution is 14.1. The Labute approximate surface area is 343 Å². The average Bonchev–Trinajstić information content (AvgIpc) is 3.09. The first kappa shape index (κ1) is 42.7. The van der Waals surface area contributed by atoms with Crippen molar-refractivity contribution in [3.8, 4) is 0 Å². The highest BCUT2D eigenvalue weighted by Gasteiger charge is 2.16. The molecule has 4 aromatic carbocycles. The number of aryl methyl sites for hydroxylation is 4. The molecule has 2 saturated heterocycles. The van der Waals surface area contributed by atoms with E-state index in [1.54, 1.807) is 12.1 Å². The van der Waals surface area contributed by atoms with Crippen molar-refractivity contribution in [2.75, 3.05) is 77.5 Å². The summed E-state index contributed by atoms with van der Waals surface area (Å²) in [4.78, 5) is 32.8. The first-order valence-corrected chi connectivity index (χ1v) is 20.2. The Morgan fingerprint density at radius 1 is 0.642 bits per heavy atom. The van der Waals surface area contributed by atoms with Crippen LogP contribution in [0.2, 0.25) is 0 Å². The number of benzene rings is 4. The van der Waals surface area contributed by atoms with Gasteiger partial charge in [0.25, 0.3) is 5.91 Å². The number of nitrogens with one attached hydrogen (secondary N) is 1. The topological polar surface area (TPSA) is 105 Å². The van der Waals surface area contributed by atoms with E-state index >= 15 is 0 Å². The molecule has 0 unspecified atom stereocenters. The number of carboxylic acids is 1. The van der Waals surface area contributed by atoms with E-state index in [9.17, 15) is 9.59 Å². The molecule has 2 aliphatic heterocycles. The van der Waals surface area contributed by atoms with E-state index in [1.807, 2.05) is 43.3 Å². The fourth-order valence-corrected chi connectivity index (χ4v) is 7.23. The van der Waals surface area contributed by atoms with Gasteiger partial charge in [-0.1, -0.05) is 24.3 Å². The Morgan fingerprint density at radius 3 is 1.57 bits per heavy atom. The first-order chi connectivity index (χ1) is 25.1. The average molecular weight is 945 g/mol. The standard InChI is InChI=1S/C21H26IN3O.C13H21N3.C8H7IO2/c1-15-10-17(14-25-8-6-24(3)7-9-25)12-19(11-15)23-21(26)18-5-4-16(2)20(22)13-18;1-11-7-12(9-13(14)8-11)10-16-5-3-15(2)4-6-16;1-5-2-3-6(8(10)11)4-7(5)9/h4-5,10-13H,6-9,14H2,1-3H3,(H,23,26);7-9H,3-6,10,14H2,1-2H3;2-4H,1H3,(H,10,11). The number of nitrogens with zero attached hydrogens (tertiary/aromatic N) is 4. The van der Waals surface area contributed by atoms with Crippen LogP contribution in [-0.4, -0.2) is 103 Å². The van der Waals surface area contributed by atoms with Gasteiger partial charge in [-0.2, -0.15) is 0 Å². The van der Waals surface area contributed by atoms with Crippen LogP contribution in [0.3, 0.4) is 0 Å². The molecule has 2 heterocycles. The van der Waals surface area contributed by atoms with Crippen LogP contribution in [0.15, 0.2) is 72.8 Å². The Kier molecular flexibility index (Phi) is 16.5. The molecule has 1 amide bonds. The number of nitrogens with two attached hydrogens (primary N) is 1. The van der Waals surface area contributed by atoms with Crippen molar-refractivity contribution >= 4 is 68.4 Å². The summed E-state index contributed by atoms with van der Waals surface area (Å²) < 4.78 is 2.10. The second kappa shape index (κ2) is 20.6. The van der Waals surface area contributed by atoms with Gasteiger partial charge >= 0.3 is 5.97 Å². The fourth-order valence-electron chi connectivity index (χ4n) is 6.20. The molecule has 0 aliphatic carbocycles. The number of piperazine rings is 2. The molecule has 6 rings (SSSR count). The molecule has 284 valence electrons. The summed E-state index contributed by atoms with van der Waals surface area (Å²) >= 11 is 4.39. The Morgan fingerprint density at radius 2 is 1.09 bits per heavy atom. The van der Waals surface area contributed by atoms with Gasteiger partial charge in [0, 0.05) is 89.5 Å². The quantitative estimate of drug-likeness (QED) is 0.129. The predicted octanol–water partition coefficient (Wildman–Crippen LogP) is 7.53. The zero-order valence-electron chi connectivity index (χ0n) is 31.9. The van der Waals surface area contributed by atoms with Crippen LogP contribution in [0.4, 0.5) is 11.4 Å². The number of carbonyl (C=O) groups excluding carboxylic acids is 1. The summed E-state index contributed by atoms with van der Waals surface area (Å²) in [6.07, 6.45) is 0. The minimum absolute atomic E-state index is 0.0564. The number of anilines is 2. The molecule has 4 aromatic rings. The molecular weight excluding hydrogens is 890 g/mol. The molecule has 2 aliphatic rings. The highest BCUT2D eigenvalue weighted by Crippen LogP contribution is 2.20. The molecule has 0 aromatic heterocycles. The van der Waals surface area contributed by atoms with Gasteiger partial charge in [-0.3, -0.25) is 14.6 Å². The SMILES string of the molecule is Cc1cc(CN2CCN(C)CC2)cc(NC(=O)c2ccc(C)c(I)c2)c1.Cc1cc(N)cc(CN2CCN(C)CC2)c1.Cc1ccc(C(=O)O)cc1I. The number of aromatic carboxylic acids is 1. The maximum atomic E-state index is 12.6. The van der Waals surface area contributed by atoms with Gasteiger partial charge in [-0.25, -0.2) is 4.79 Å². The smallest absolute Gasteiger partial charge is 0.335 e. The van der Waals surface area contributed by atoms with E-state index < -0.39 is 5.97 Å². The summed E-state index contributed by atoms with van der Waals surface area (Å²) in [7, 11) is 4.35. The monoisotopic (exact) mass is 944 g/mol. The third kappa shape index (κ3) is 14.3. The molecule has 53 heavy (non-hydrogen) atoms. The van der Waals surface area contributed by atoms with Gasteiger partial charge in [0.1, 0.15) is 0 Å². The largest absolute Gasteiger partial charge is 0.478 e. The minimum Gasteiger partial charge on any atom is -0.478 e. The van der Waals surface area contributed by atoms with E-state index in [2.05, 4.69) is 129 Å². The molecule has 9 nitrogen and oxygen atoms in total. The molecule has 0 bridgehead atoms. The van der Waals surface area contributed by atoms with Crippen LogP contribution in [0.5, 0.6) is 0 Å². The summed E-state index contributed by atoms with van der Waals surface area (Å²) in [6, 6.07) is 23.6. The second-order valence-corrected chi connectivity index (χ2v) is 16.6. The molecule has 0 saturated carbocycles. The minimum atomic E-state index is -0.872. The number of likely N-dealkylation sites (N-methyl/N-ethyl adjacent to an activating group) is 2. The van der Waals surface area contributed by atoms with Gasteiger partial charge < -0.3 is 26.0 Å². The summed E-state index contributed by atoms with van der Waals surface area (Å²) in [5, 5.41) is 11.7. The van der Waals surface area contributed by atoms with Gasteiger partial charge in [0.2, 0.25) is 0 Å². The van der Waals surface area contributed by atoms with Crippen molar-refractivity contribution in [3.63, 3.8) is 0 Å². The lowest BCUT2D eigenvalue weighted by molar-refractivity contribution is 0.0696. The molecule has 4 N–H and O–H groups in total. The Balaban J connectivity index is 0.000000197. The van der Waals surface area contributed by atoms with E-state index in [0.29, 0.717) is 11.1 Å². The van der Waals surface area contributed by atoms with Gasteiger partial charge in [-0.05, 0) is 169 Å². The molecule has 0 spiro atoms. The number of hydrogen-bond donors (Lipinski definition) is 3. The lowest BCUT2D eigenvalue weighted by Crippen LogP contribution is -2.43.